The van der Waals surface area contributed by atoms with Gasteiger partial charge in [-0.2, -0.15) is 0 Å². The van der Waals surface area contributed by atoms with Crippen LogP contribution >= 0.6 is 7.82 Å². The summed E-state index contributed by atoms with van der Waals surface area (Å²) in [5, 5.41) is 0. The van der Waals surface area contributed by atoms with Crippen LogP contribution in [0.15, 0.2) is 0 Å². The highest BCUT2D eigenvalue weighted by molar-refractivity contribution is 7.45. The second-order valence-electron chi connectivity index (χ2n) is 11.3. The van der Waals surface area contributed by atoms with Crippen LogP contribution in [0.4, 0.5) is 0 Å². The smallest absolute Gasteiger partial charge is 0.314 e. The summed E-state index contributed by atoms with van der Waals surface area (Å²) in [6.07, 6.45) is 16.7. The molecule has 0 bridgehead atoms. The Kier molecular flexibility index (Phi) is 15.9. The van der Waals surface area contributed by atoms with Crippen molar-refractivity contribution in [2.45, 2.75) is 123 Å². The maximum Gasteiger partial charge on any atom is 0.314 e. The van der Waals surface area contributed by atoms with Crippen molar-refractivity contribution in [3.63, 3.8) is 0 Å². The van der Waals surface area contributed by atoms with E-state index < -0.39 is 19.3 Å². The van der Waals surface area contributed by atoms with Gasteiger partial charge in [-0.1, -0.05) is 84.0 Å². The summed E-state index contributed by atoms with van der Waals surface area (Å²) in [6.45, 7) is 4.91. The lowest BCUT2D eigenvalue weighted by Crippen LogP contribution is -2.42. The highest BCUT2D eigenvalue weighted by atomic mass is 31.2. The molecule has 1 aliphatic carbocycles. The number of nitrogens with zero attached hydrogens (tertiary/aromatic N) is 1. The minimum absolute atomic E-state index is 0.0577. The Labute approximate surface area is 215 Å². The van der Waals surface area contributed by atoms with Gasteiger partial charge in [0.05, 0.1) is 39.3 Å². The van der Waals surface area contributed by atoms with Gasteiger partial charge in [-0.3, -0.25) is 9.36 Å². The van der Waals surface area contributed by atoms with Crippen LogP contribution in [0.1, 0.15) is 117 Å². The molecule has 1 unspecified atom stereocenters. The maximum absolute atomic E-state index is 13.0. The lowest BCUT2D eigenvalue weighted by atomic mass is 9.79. The molecule has 0 spiro atoms. The van der Waals surface area contributed by atoms with Gasteiger partial charge in [0, 0.05) is 0 Å². The average Bonchev–Trinajstić information content (AvgIpc) is 3.16. The molecule has 8 heteroatoms. The van der Waals surface area contributed by atoms with Crippen molar-refractivity contribution in [2.24, 2.45) is 5.41 Å². The molecule has 0 saturated heterocycles. The van der Waals surface area contributed by atoms with Crippen LogP contribution in [-0.4, -0.2) is 57.5 Å². The first kappa shape index (κ1) is 32.6. The van der Waals surface area contributed by atoms with Gasteiger partial charge >= 0.3 is 5.97 Å². The molecule has 0 amide bonds. The van der Waals surface area contributed by atoms with Gasteiger partial charge in [0.25, 0.3) is 7.82 Å². The number of rotatable bonds is 21. The Bertz CT molecular complexity index is 623. The molecule has 0 aromatic rings. The van der Waals surface area contributed by atoms with Gasteiger partial charge < -0.3 is 23.2 Å². The van der Waals surface area contributed by atoms with Gasteiger partial charge in [0.2, 0.25) is 0 Å². The first-order chi connectivity index (χ1) is 16.6. The molecule has 208 valence electrons. The summed E-state index contributed by atoms with van der Waals surface area (Å²) >= 11 is 0. The minimum Gasteiger partial charge on any atom is -0.756 e. The van der Waals surface area contributed by atoms with E-state index in [0.29, 0.717) is 30.3 Å². The van der Waals surface area contributed by atoms with Crippen LogP contribution in [0, 0.1) is 5.41 Å². The third-order valence-electron chi connectivity index (χ3n) is 7.13. The van der Waals surface area contributed by atoms with E-state index in [-0.39, 0.29) is 19.2 Å². The number of hydrogen-bond acceptors (Lipinski definition) is 6. The maximum atomic E-state index is 13.0. The molecule has 0 aliphatic heterocycles. The number of likely N-dealkylation sites (N-methyl/N-ethyl adjacent to an activating group) is 1. The van der Waals surface area contributed by atoms with Gasteiger partial charge in [-0.15, -0.1) is 0 Å². The number of carbonyl (C=O) groups is 1. The summed E-state index contributed by atoms with van der Waals surface area (Å²) in [5.74, 6) is -0.322. The van der Waals surface area contributed by atoms with Gasteiger partial charge in [-0.25, -0.2) is 0 Å². The standard InChI is InChI=1S/C27H54NO6P/c1-6-8-9-10-11-12-13-14-15-16-17-18-21-27(26(29)32-7-2)22-19-20-25(27)34-35(30,31)33-24-23-28(3,4)5/h25H,6-24H2,1-5H3/t25-,27-/m1/s1. The summed E-state index contributed by atoms with van der Waals surface area (Å²) in [6, 6.07) is 0. The molecule has 35 heavy (non-hydrogen) atoms. The van der Waals surface area contributed by atoms with Crippen molar-refractivity contribution in [3.05, 3.63) is 0 Å². The quantitative estimate of drug-likeness (QED) is 0.0756. The van der Waals surface area contributed by atoms with Gasteiger partial charge in [0.15, 0.2) is 0 Å². The third-order valence-corrected chi connectivity index (χ3v) is 8.14. The molecular weight excluding hydrogens is 465 g/mol. The van der Waals surface area contributed by atoms with Crippen molar-refractivity contribution < 1.29 is 32.5 Å². The van der Waals surface area contributed by atoms with Crippen molar-refractivity contribution in [1.82, 2.24) is 0 Å². The van der Waals surface area contributed by atoms with E-state index in [1.165, 1.54) is 57.8 Å². The zero-order valence-corrected chi connectivity index (χ0v) is 24.3. The van der Waals surface area contributed by atoms with E-state index in [9.17, 15) is 14.3 Å². The number of hydrogen-bond donors (Lipinski definition) is 0. The predicted octanol–water partition coefficient (Wildman–Crippen LogP) is 6.39. The molecule has 0 radical (unpaired) electrons. The van der Waals surface area contributed by atoms with Crippen LogP contribution in [0.25, 0.3) is 0 Å². The SMILES string of the molecule is CCCCCCCCCCCCCC[C@@]1(C(=O)OCC)CCC[C@H]1OP(=O)([O-])OCC[N+](C)(C)C. The number of carbonyl (C=O) groups excluding carboxylic acids is 1. The molecule has 7 nitrogen and oxygen atoms in total. The molecule has 0 N–H and O–H groups in total. The van der Waals surface area contributed by atoms with Gasteiger partial charge in [-0.05, 0) is 32.6 Å². The molecule has 0 aromatic carbocycles. The number of phosphoric ester groups is 1. The zero-order chi connectivity index (χ0) is 26.2. The number of esters is 1. The molecule has 3 atom stereocenters. The first-order valence-corrected chi connectivity index (χ1v) is 15.6. The Morgan fingerprint density at radius 3 is 2.00 bits per heavy atom. The fraction of sp³-hybridized carbons (Fsp3) is 0.963. The van der Waals surface area contributed by atoms with Crippen molar-refractivity contribution in [3.8, 4) is 0 Å². The zero-order valence-electron chi connectivity index (χ0n) is 23.4. The Hall–Kier alpha value is -0.460. The average molecular weight is 520 g/mol. The summed E-state index contributed by atoms with van der Waals surface area (Å²) in [7, 11) is 1.40. The number of ether oxygens (including phenoxy) is 1. The highest BCUT2D eigenvalue weighted by Gasteiger charge is 2.51. The lowest BCUT2D eigenvalue weighted by molar-refractivity contribution is -0.870. The highest BCUT2D eigenvalue weighted by Crippen LogP contribution is 2.52. The molecule has 0 heterocycles. The van der Waals surface area contributed by atoms with E-state index >= 15 is 0 Å². The fourth-order valence-electron chi connectivity index (χ4n) is 4.98. The van der Waals surface area contributed by atoms with E-state index in [1.807, 2.05) is 21.1 Å². The minimum atomic E-state index is -4.50. The third kappa shape index (κ3) is 13.6. The Morgan fingerprint density at radius 2 is 1.49 bits per heavy atom. The van der Waals surface area contributed by atoms with Crippen molar-refractivity contribution >= 4 is 13.8 Å². The van der Waals surface area contributed by atoms with Crippen LogP contribution in [0.2, 0.25) is 0 Å². The predicted molar refractivity (Wildman–Crippen MR) is 140 cm³/mol. The van der Waals surface area contributed by atoms with Gasteiger partial charge in [0.1, 0.15) is 13.2 Å². The molecule has 1 rings (SSSR count). The lowest BCUT2D eigenvalue weighted by Gasteiger charge is -2.36. The van der Waals surface area contributed by atoms with E-state index in [4.69, 9.17) is 13.8 Å². The monoisotopic (exact) mass is 519 g/mol. The van der Waals surface area contributed by atoms with Crippen molar-refractivity contribution in [1.29, 1.82) is 0 Å². The molecule has 1 fully saturated rings. The Morgan fingerprint density at radius 1 is 0.943 bits per heavy atom. The van der Waals surface area contributed by atoms with Crippen LogP contribution in [-0.2, 0) is 23.1 Å². The van der Waals surface area contributed by atoms with E-state index in [0.717, 1.165) is 25.7 Å². The Balaban J connectivity index is 2.49. The molecule has 0 aromatic heterocycles. The fourth-order valence-corrected chi connectivity index (χ4v) is 5.97. The normalized spacial score (nSPS) is 22.3. The molecular formula is C27H54NO6P. The van der Waals surface area contributed by atoms with Crippen molar-refractivity contribution in [2.75, 3.05) is 40.9 Å². The number of phosphoric acid groups is 1. The second kappa shape index (κ2) is 17.1. The summed E-state index contributed by atoms with van der Waals surface area (Å²) in [5.41, 5.74) is -0.891. The largest absolute Gasteiger partial charge is 0.756 e. The molecule has 1 aliphatic rings. The van der Waals surface area contributed by atoms with Crippen LogP contribution in [0.5, 0.6) is 0 Å². The van der Waals surface area contributed by atoms with Crippen LogP contribution < -0.4 is 4.89 Å². The van der Waals surface area contributed by atoms with Crippen LogP contribution in [0.3, 0.4) is 0 Å². The van der Waals surface area contributed by atoms with E-state index in [1.54, 1.807) is 6.92 Å². The topological polar surface area (TPSA) is 84.9 Å². The number of unbranched alkanes of at least 4 members (excludes halogenated alkanes) is 11. The number of quaternary nitrogens is 1. The first-order valence-electron chi connectivity index (χ1n) is 14.2. The summed E-state index contributed by atoms with van der Waals surface area (Å²) in [4.78, 5) is 25.5. The van der Waals surface area contributed by atoms with E-state index in [2.05, 4.69) is 6.92 Å². The second-order valence-corrected chi connectivity index (χ2v) is 12.7. The summed E-state index contributed by atoms with van der Waals surface area (Å²) < 4.78 is 29.2. The molecule has 1 saturated carbocycles.